The third kappa shape index (κ3) is 5.47. The van der Waals surface area contributed by atoms with E-state index in [9.17, 15) is 5.11 Å². The van der Waals surface area contributed by atoms with Crippen molar-refractivity contribution in [3.63, 3.8) is 0 Å². The average molecular weight is 294 g/mol. The molecule has 6 nitrogen and oxygen atoms in total. The van der Waals surface area contributed by atoms with Crippen LogP contribution < -0.4 is 10.6 Å². The lowest BCUT2D eigenvalue weighted by Crippen LogP contribution is -2.22. The van der Waals surface area contributed by atoms with E-state index in [0.717, 1.165) is 37.4 Å². The molecule has 21 heavy (non-hydrogen) atoms. The molecule has 6 heteroatoms. The molecule has 0 spiro atoms. The summed E-state index contributed by atoms with van der Waals surface area (Å²) in [5.74, 6) is 2.64. The first kappa shape index (κ1) is 16.0. The first-order valence-corrected chi connectivity index (χ1v) is 7.84. The van der Waals surface area contributed by atoms with Gasteiger partial charge in [-0.05, 0) is 32.1 Å². The first-order chi connectivity index (χ1) is 10.2. The largest absolute Gasteiger partial charge is 0.391 e. The molecule has 1 saturated carbocycles. The van der Waals surface area contributed by atoms with Gasteiger partial charge < -0.3 is 20.5 Å². The van der Waals surface area contributed by atoms with Gasteiger partial charge in [0.1, 0.15) is 18.2 Å². The zero-order valence-corrected chi connectivity index (χ0v) is 12.9. The standard InChI is InChI=1S/C15H26N4O2/c1-3-7-16-13-8-14(17-9-12(20)11-5-6-11)19-15(18-13)10-21-4-2/h8,11-12,20H,3-7,9-10H2,1-2H3,(H2,16,17,18,19). The molecular formula is C15H26N4O2. The van der Waals surface area contributed by atoms with Gasteiger partial charge in [-0.15, -0.1) is 0 Å². The topological polar surface area (TPSA) is 79.3 Å². The number of aromatic nitrogens is 2. The van der Waals surface area contributed by atoms with E-state index in [0.29, 0.717) is 31.5 Å². The van der Waals surface area contributed by atoms with E-state index in [1.54, 1.807) is 0 Å². The van der Waals surface area contributed by atoms with E-state index >= 15 is 0 Å². The zero-order valence-electron chi connectivity index (χ0n) is 12.9. The van der Waals surface area contributed by atoms with Crippen LogP contribution in [0.4, 0.5) is 11.6 Å². The van der Waals surface area contributed by atoms with Gasteiger partial charge in [0.2, 0.25) is 0 Å². The van der Waals surface area contributed by atoms with E-state index in [-0.39, 0.29) is 6.10 Å². The van der Waals surface area contributed by atoms with Gasteiger partial charge in [-0.3, -0.25) is 0 Å². The fourth-order valence-corrected chi connectivity index (χ4v) is 2.05. The lowest BCUT2D eigenvalue weighted by molar-refractivity contribution is 0.128. The van der Waals surface area contributed by atoms with Gasteiger partial charge in [-0.1, -0.05) is 6.92 Å². The first-order valence-electron chi connectivity index (χ1n) is 7.84. The molecule has 0 bridgehead atoms. The lowest BCUT2D eigenvalue weighted by atomic mass is 10.2. The Morgan fingerprint density at radius 1 is 1.29 bits per heavy atom. The Bertz CT molecular complexity index is 411. The van der Waals surface area contributed by atoms with E-state index in [4.69, 9.17) is 4.74 Å². The Labute approximate surface area is 126 Å². The molecule has 0 amide bonds. The third-order valence-corrected chi connectivity index (χ3v) is 3.42. The molecule has 1 fully saturated rings. The zero-order chi connectivity index (χ0) is 15.1. The van der Waals surface area contributed by atoms with Crippen molar-refractivity contribution in [2.24, 2.45) is 5.92 Å². The van der Waals surface area contributed by atoms with E-state index in [1.807, 2.05) is 13.0 Å². The molecule has 2 rings (SSSR count). The Morgan fingerprint density at radius 3 is 2.62 bits per heavy atom. The number of aliphatic hydroxyl groups is 1. The highest BCUT2D eigenvalue weighted by Gasteiger charge is 2.29. The SMILES string of the molecule is CCCNc1cc(NCC(O)C2CC2)nc(COCC)n1. The summed E-state index contributed by atoms with van der Waals surface area (Å²) in [6.45, 7) is 6.50. The monoisotopic (exact) mass is 294 g/mol. The molecular weight excluding hydrogens is 268 g/mol. The molecule has 0 saturated heterocycles. The fourth-order valence-electron chi connectivity index (χ4n) is 2.05. The summed E-state index contributed by atoms with van der Waals surface area (Å²) in [5, 5.41) is 16.4. The van der Waals surface area contributed by atoms with Crippen LogP contribution in [0.15, 0.2) is 6.07 Å². The van der Waals surface area contributed by atoms with Crippen molar-refractivity contribution >= 4 is 11.6 Å². The number of anilines is 2. The Kier molecular flexibility index (Phi) is 6.20. The molecule has 1 atom stereocenters. The smallest absolute Gasteiger partial charge is 0.158 e. The predicted molar refractivity (Wildman–Crippen MR) is 83.4 cm³/mol. The molecule has 1 aliphatic rings. The second kappa shape index (κ2) is 8.14. The van der Waals surface area contributed by atoms with Crippen LogP contribution >= 0.6 is 0 Å². The van der Waals surface area contributed by atoms with Crippen molar-refractivity contribution in [1.82, 2.24) is 9.97 Å². The molecule has 0 aliphatic heterocycles. The quantitative estimate of drug-likeness (QED) is 0.612. The average Bonchev–Trinajstić information content (AvgIpc) is 3.33. The minimum atomic E-state index is -0.289. The number of hydrogen-bond acceptors (Lipinski definition) is 6. The lowest BCUT2D eigenvalue weighted by Gasteiger charge is -2.13. The van der Waals surface area contributed by atoms with Gasteiger partial charge in [0.15, 0.2) is 5.82 Å². The van der Waals surface area contributed by atoms with Crippen molar-refractivity contribution in [3.8, 4) is 0 Å². The summed E-state index contributed by atoms with van der Waals surface area (Å²) in [6.07, 6.45) is 3.01. The van der Waals surface area contributed by atoms with Gasteiger partial charge in [0.25, 0.3) is 0 Å². The normalized spacial score (nSPS) is 15.8. The van der Waals surface area contributed by atoms with Crippen LogP contribution in [0.1, 0.15) is 38.9 Å². The van der Waals surface area contributed by atoms with Gasteiger partial charge in [0.05, 0.1) is 6.10 Å². The number of rotatable bonds is 10. The number of nitrogens with one attached hydrogen (secondary N) is 2. The minimum Gasteiger partial charge on any atom is -0.391 e. The van der Waals surface area contributed by atoms with E-state index in [1.165, 1.54) is 0 Å². The molecule has 118 valence electrons. The van der Waals surface area contributed by atoms with Crippen molar-refractivity contribution in [2.75, 3.05) is 30.3 Å². The fraction of sp³-hybridized carbons (Fsp3) is 0.733. The van der Waals surface area contributed by atoms with Crippen LogP contribution in [-0.2, 0) is 11.3 Å². The van der Waals surface area contributed by atoms with Crippen LogP contribution in [0, 0.1) is 5.92 Å². The Hall–Kier alpha value is -1.40. The molecule has 1 unspecified atom stereocenters. The summed E-state index contributed by atoms with van der Waals surface area (Å²) < 4.78 is 5.38. The molecule has 0 aromatic carbocycles. The second-order valence-corrected chi connectivity index (χ2v) is 5.40. The predicted octanol–water partition coefficient (Wildman–Crippen LogP) is 2.02. The molecule has 1 heterocycles. The van der Waals surface area contributed by atoms with Gasteiger partial charge >= 0.3 is 0 Å². The summed E-state index contributed by atoms with van der Waals surface area (Å²) >= 11 is 0. The second-order valence-electron chi connectivity index (χ2n) is 5.40. The molecule has 1 aromatic rings. The van der Waals surface area contributed by atoms with Crippen LogP contribution in [0.3, 0.4) is 0 Å². The highest BCUT2D eigenvalue weighted by Crippen LogP contribution is 2.32. The summed E-state index contributed by atoms with van der Waals surface area (Å²) in [7, 11) is 0. The minimum absolute atomic E-state index is 0.289. The van der Waals surface area contributed by atoms with Gasteiger partial charge in [-0.2, -0.15) is 0 Å². The van der Waals surface area contributed by atoms with Crippen molar-refractivity contribution in [2.45, 2.75) is 45.8 Å². The van der Waals surface area contributed by atoms with Crippen molar-refractivity contribution in [1.29, 1.82) is 0 Å². The number of ether oxygens (including phenoxy) is 1. The number of hydrogen-bond donors (Lipinski definition) is 3. The Morgan fingerprint density at radius 2 is 2.00 bits per heavy atom. The molecule has 0 radical (unpaired) electrons. The van der Waals surface area contributed by atoms with Crippen molar-refractivity contribution in [3.05, 3.63) is 11.9 Å². The summed E-state index contributed by atoms with van der Waals surface area (Å²) in [6, 6.07) is 1.88. The Balaban J connectivity index is 1.98. The maximum atomic E-state index is 9.93. The van der Waals surface area contributed by atoms with Gasteiger partial charge in [-0.25, -0.2) is 9.97 Å². The third-order valence-electron chi connectivity index (χ3n) is 3.42. The maximum absolute atomic E-state index is 9.93. The van der Waals surface area contributed by atoms with Gasteiger partial charge in [0, 0.05) is 25.8 Å². The van der Waals surface area contributed by atoms with Crippen LogP contribution in [-0.4, -0.2) is 40.9 Å². The van der Waals surface area contributed by atoms with Crippen LogP contribution in [0.5, 0.6) is 0 Å². The summed E-state index contributed by atoms with van der Waals surface area (Å²) in [4.78, 5) is 8.87. The maximum Gasteiger partial charge on any atom is 0.158 e. The van der Waals surface area contributed by atoms with E-state index < -0.39 is 0 Å². The van der Waals surface area contributed by atoms with Crippen LogP contribution in [0.25, 0.3) is 0 Å². The van der Waals surface area contributed by atoms with E-state index in [2.05, 4.69) is 27.5 Å². The molecule has 1 aliphatic carbocycles. The summed E-state index contributed by atoms with van der Waals surface area (Å²) in [5.41, 5.74) is 0. The number of aliphatic hydroxyl groups excluding tert-OH is 1. The molecule has 3 N–H and O–H groups in total. The number of nitrogens with zero attached hydrogens (tertiary/aromatic N) is 2. The highest BCUT2D eigenvalue weighted by molar-refractivity contribution is 5.47. The van der Waals surface area contributed by atoms with Crippen LogP contribution in [0.2, 0.25) is 0 Å². The molecule has 1 aromatic heterocycles. The highest BCUT2D eigenvalue weighted by atomic mass is 16.5. The van der Waals surface area contributed by atoms with Crippen molar-refractivity contribution < 1.29 is 9.84 Å².